The van der Waals surface area contributed by atoms with Crippen molar-refractivity contribution in [3.63, 3.8) is 0 Å². The summed E-state index contributed by atoms with van der Waals surface area (Å²) in [7, 11) is 0.664. The molecule has 0 saturated carbocycles. The molecule has 4 aromatic rings. The molecule has 4 heteroatoms. The summed E-state index contributed by atoms with van der Waals surface area (Å²) in [4.78, 5) is 0. The average Bonchev–Trinajstić information content (AvgIpc) is 3.59. The van der Waals surface area contributed by atoms with Crippen LogP contribution >= 0.6 is 33.0 Å². The number of hydrogen-bond donors (Lipinski definition) is 0. The first-order valence-electron chi connectivity index (χ1n) is 11.4. The smallest absolute Gasteiger partial charge is 0.147 e. The summed E-state index contributed by atoms with van der Waals surface area (Å²) in [6.07, 6.45) is 8.07. The molecule has 3 aromatic carbocycles. The van der Waals surface area contributed by atoms with E-state index in [-0.39, 0.29) is 24.8 Å². The van der Waals surface area contributed by atoms with Gasteiger partial charge in [0.2, 0.25) is 0 Å². The molecule has 0 fully saturated rings. The van der Waals surface area contributed by atoms with E-state index in [2.05, 4.69) is 141 Å². The summed E-state index contributed by atoms with van der Waals surface area (Å²) < 4.78 is 9.14. The third-order valence-corrected chi connectivity index (χ3v) is 30.3. The molecule has 0 radical (unpaired) electrons. The zero-order chi connectivity index (χ0) is 22.1. The Bertz CT molecular complexity index is 1300. The minimum atomic E-state index is -5.01. The van der Waals surface area contributed by atoms with E-state index in [1.54, 1.807) is 7.48 Å². The van der Waals surface area contributed by atoms with Crippen molar-refractivity contribution in [1.29, 1.82) is 0 Å². The maximum Gasteiger partial charge on any atom is -0.147 e. The summed E-state index contributed by atoms with van der Waals surface area (Å²) in [6.45, 7) is 4.83. The Hall–Kier alpha value is -1.92. The molecule has 1 unspecified atom stereocenters. The second-order valence-corrected chi connectivity index (χ2v) is 23.3. The molecule has 0 bridgehead atoms. The van der Waals surface area contributed by atoms with Gasteiger partial charge >= 0.3 is 192 Å². The molecule has 0 nitrogen and oxygen atoms in total. The number of rotatable bonds is 5. The zero-order valence-electron chi connectivity index (χ0n) is 19.6. The number of benzene rings is 3. The zero-order valence-corrected chi connectivity index (χ0v) is 23.8. The average molecular weight is 542 g/mol. The van der Waals surface area contributed by atoms with Gasteiger partial charge in [0.05, 0.1) is 0 Å². The van der Waals surface area contributed by atoms with Crippen molar-refractivity contribution in [3.8, 4) is 0 Å². The van der Waals surface area contributed by atoms with Gasteiger partial charge in [-0.15, -0.1) is 24.8 Å². The fourth-order valence-corrected chi connectivity index (χ4v) is 31.1. The Morgan fingerprint density at radius 2 is 1.12 bits per heavy atom. The number of allylic oxidation sites excluding steroid dienone is 4. The number of hydrogen-bond acceptors (Lipinski definition) is 0. The first-order chi connectivity index (χ1) is 15.7. The van der Waals surface area contributed by atoms with Crippen LogP contribution in [0.4, 0.5) is 0 Å². The van der Waals surface area contributed by atoms with E-state index in [4.69, 9.17) is 0 Å². The van der Waals surface area contributed by atoms with Gasteiger partial charge in [-0.25, -0.2) is 0 Å². The predicted octanol–water partition coefficient (Wildman–Crippen LogP) is 6.44. The SMILES string of the molecule is C[C](C)=[Ti]([C]1=CC=CC1)([c]1ccccc1)([c]1ccccc1)([c]1ccccc1)[c]1ccc[pH]1.Cl.Cl. The van der Waals surface area contributed by atoms with Crippen molar-refractivity contribution in [2.24, 2.45) is 0 Å². The van der Waals surface area contributed by atoms with Crippen LogP contribution < -0.4 is 15.2 Å². The molecule has 1 aromatic heterocycles. The molecule has 175 valence electrons. The molecule has 1 heterocycles. The normalized spacial score (nSPS) is 14.9. The standard InChI is InChI=1S/3C6H5.C5H5.C4H4P.C3H6.2ClH.Ti/c3*1-2-4-6-5-3-1;2*1-2-4-5-3-1;1-3-2;;;/h3*1-5H;1-3H,4H2;1-3,5H;1-2H3;2*1H;. The topological polar surface area (TPSA) is 0 Å². The van der Waals surface area contributed by atoms with Gasteiger partial charge in [-0.05, 0) is 0 Å². The van der Waals surface area contributed by atoms with E-state index in [1.165, 1.54) is 15.4 Å². The van der Waals surface area contributed by atoms with Crippen molar-refractivity contribution in [1.82, 2.24) is 0 Å². The van der Waals surface area contributed by atoms with Crippen LogP contribution in [0.5, 0.6) is 0 Å². The van der Waals surface area contributed by atoms with Crippen LogP contribution in [0.15, 0.2) is 131 Å². The van der Waals surface area contributed by atoms with Crippen LogP contribution in [-0.4, -0.2) is 3.81 Å². The van der Waals surface area contributed by atoms with E-state index in [9.17, 15) is 0 Å². The van der Waals surface area contributed by atoms with Gasteiger partial charge in [-0.3, -0.25) is 0 Å². The van der Waals surface area contributed by atoms with Crippen LogP contribution in [0.3, 0.4) is 0 Å². The fourth-order valence-electron chi connectivity index (χ4n) is 7.35. The Morgan fingerprint density at radius 1 is 0.647 bits per heavy atom. The van der Waals surface area contributed by atoms with Gasteiger partial charge in [0.25, 0.3) is 0 Å². The summed E-state index contributed by atoms with van der Waals surface area (Å²) in [5.41, 5.74) is 0. The van der Waals surface area contributed by atoms with Gasteiger partial charge in [0.15, 0.2) is 0 Å². The van der Waals surface area contributed by atoms with Crippen molar-refractivity contribution in [3.05, 3.63) is 131 Å². The first-order valence-corrected chi connectivity index (χ1v) is 17.2. The maximum atomic E-state index is 2.46. The molecule has 0 aliphatic heterocycles. The van der Waals surface area contributed by atoms with Crippen LogP contribution in [0.2, 0.25) is 0 Å². The third kappa shape index (κ3) is 2.76. The molecule has 34 heavy (non-hydrogen) atoms. The molecule has 0 amide bonds. The van der Waals surface area contributed by atoms with E-state index in [0.717, 1.165) is 6.42 Å². The Kier molecular flexibility index (Phi) is 7.55. The van der Waals surface area contributed by atoms with Gasteiger partial charge in [-0.1, -0.05) is 0 Å². The van der Waals surface area contributed by atoms with Crippen molar-refractivity contribution >= 4 is 52.0 Å². The fraction of sp³-hybridized carbons (Fsp3) is 0.100. The molecule has 1 atom stereocenters. The van der Waals surface area contributed by atoms with E-state index < -0.39 is 13.6 Å². The minimum absolute atomic E-state index is 0. The first kappa shape index (κ1) is 26.7. The van der Waals surface area contributed by atoms with Crippen LogP contribution in [0, 0.1) is 0 Å². The van der Waals surface area contributed by atoms with Gasteiger partial charge in [0, 0.05) is 0 Å². The molecule has 0 saturated heterocycles. The van der Waals surface area contributed by atoms with Crippen molar-refractivity contribution < 1.29 is 13.6 Å². The second-order valence-electron chi connectivity index (χ2n) is 9.38. The van der Waals surface area contributed by atoms with Gasteiger partial charge in [-0.2, -0.15) is 0 Å². The largest absolute Gasteiger partial charge is 0.147 e. The minimum Gasteiger partial charge on any atom is -0.147 e. The third-order valence-electron chi connectivity index (χ3n) is 8.58. The molecular weight excluding hydrogens is 510 g/mol. The summed E-state index contributed by atoms with van der Waals surface area (Å²) in [5, 5.41) is 0. The molecule has 0 N–H and O–H groups in total. The molecule has 1 aliphatic carbocycles. The van der Waals surface area contributed by atoms with Crippen LogP contribution in [-0.2, 0) is 13.6 Å². The quantitative estimate of drug-likeness (QED) is 0.255. The second kappa shape index (κ2) is 9.62. The predicted molar refractivity (Wildman–Crippen MR) is 156 cm³/mol. The van der Waals surface area contributed by atoms with Crippen LogP contribution in [0.25, 0.3) is 0 Å². The van der Waals surface area contributed by atoms with Crippen LogP contribution in [0.1, 0.15) is 20.3 Å². The molecule has 0 spiro atoms. The molecule has 1 aliphatic rings. The Balaban J connectivity index is 0.00000162. The van der Waals surface area contributed by atoms with E-state index >= 15 is 0 Å². The number of halogens is 2. The summed E-state index contributed by atoms with van der Waals surface area (Å²) in [5.74, 6) is 2.37. The Labute approximate surface area is 215 Å². The van der Waals surface area contributed by atoms with Crippen molar-refractivity contribution in [2.75, 3.05) is 0 Å². The molecule has 5 rings (SSSR count). The van der Waals surface area contributed by atoms with Crippen molar-refractivity contribution in [2.45, 2.75) is 20.3 Å². The van der Waals surface area contributed by atoms with E-state index in [1.807, 2.05) is 0 Å². The van der Waals surface area contributed by atoms with E-state index in [0.29, 0.717) is 8.19 Å². The summed E-state index contributed by atoms with van der Waals surface area (Å²) >= 11 is -5.01. The van der Waals surface area contributed by atoms with Gasteiger partial charge in [0.1, 0.15) is 0 Å². The van der Waals surface area contributed by atoms with Gasteiger partial charge < -0.3 is 0 Å². The maximum absolute atomic E-state index is 5.01. The molecular formula is C30H32Cl2PTi. The monoisotopic (exact) mass is 541 g/mol. The Morgan fingerprint density at radius 3 is 1.44 bits per heavy atom. The summed E-state index contributed by atoms with van der Waals surface area (Å²) in [6, 6.07) is 39.2.